The van der Waals surface area contributed by atoms with E-state index in [0.29, 0.717) is 16.8 Å². The van der Waals surface area contributed by atoms with Gasteiger partial charge in [0, 0.05) is 38.2 Å². The minimum atomic E-state index is -1.27. The third-order valence-electron chi connectivity index (χ3n) is 7.16. The standard InChI is InChI=1S/C33H35N5O7/c1-38(31(41)27(18-25-19-34-21-35-25)37-33(44)45-20-24-10-6-3-7-11-24)29(17-23-12-14-26(39)15-13-23)30(40)36-28(32(42)43)16-22-8-4-2-5-9-22/h2-15,19,21,27-29,39H,16-18,20H2,1H3,(H,34,35)(H,36,40)(H,37,44)(H,42,43)/t27-,28+,29+/m1/s1. The zero-order valence-electron chi connectivity index (χ0n) is 24.6. The number of aromatic nitrogens is 2. The van der Waals surface area contributed by atoms with Gasteiger partial charge in [0.15, 0.2) is 0 Å². The van der Waals surface area contributed by atoms with Crippen molar-refractivity contribution in [1.82, 2.24) is 25.5 Å². The maximum atomic E-state index is 14.0. The van der Waals surface area contributed by atoms with Crippen molar-refractivity contribution in [3.05, 3.63) is 120 Å². The molecule has 45 heavy (non-hydrogen) atoms. The van der Waals surface area contributed by atoms with E-state index in [1.165, 1.54) is 36.6 Å². The van der Waals surface area contributed by atoms with Crippen molar-refractivity contribution in [2.75, 3.05) is 7.05 Å². The van der Waals surface area contributed by atoms with Crippen molar-refractivity contribution >= 4 is 23.9 Å². The van der Waals surface area contributed by atoms with Gasteiger partial charge in [0.2, 0.25) is 11.8 Å². The van der Waals surface area contributed by atoms with E-state index >= 15 is 0 Å². The fourth-order valence-corrected chi connectivity index (χ4v) is 4.70. The number of nitrogens with zero attached hydrogens (tertiary/aromatic N) is 2. The zero-order valence-corrected chi connectivity index (χ0v) is 24.6. The summed E-state index contributed by atoms with van der Waals surface area (Å²) in [6.07, 6.45) is 2.17. The number of amides is 3. The quantitative estimate of drug-likeness (QED) is 0.144. The molecule has 3 atom stereocenters. The van der Waals surface area contributed by atoms with E-state index in [2.05, 4.69) is 20.6 Å². The van der Waals surface area contributed by atoms with Gasteiger partial charge in [-0.25, -0.2) is 14.6 Å². The molecule has 0 aliphatic rings. The topological polar surface area (TPSA) is 174 Å². The Hall–Kier alpha value is -5.65. The minimum absolute atomic E-state index is 0.00125. The predicted octanol–water partition coefficient (Wildman–Crippen LogP) is 2.83. The van der Waals surface area contributed by atoms with Gasteiger partial charge in [0.25, 0.3) is 0 Å². The first-order chi connectivity index (χ1) is 21.7. The molecule has 0 radical (unpaired) electrons. The Morgan fingerprint density at radius 2 is 1.44 bits per heavy atom. The van der Waals surface area contributed by atoms with Crippen LogP contribution in [0.4, 0.5) is 4.79 Å². The summed E-state index contributed by atoms with van der Waals surface area (Å²) in [6, 6.07) is 20.4. The van der Waals surface area contributed by atoms with Gasteiger partial charge in [0.05, 0.1) is 6.33 Å². The van der Waals surface area contributed by atoms with E-state index in [9.17, 15) is 29.4 Å². The smallest absolute Gasteiger partial charge is 0.408 e. The van der Waals surface area contributed by atoms with Gasteiger partial charge in [-0.2, -0.15) is 0 Å². The number of H-pyrrole nitrogens is 1. The van der Waals surface area contributed by atoms with Gasteiger partial charge in [-0.3, -0.25) is 9.59 Å². The highest BCUT2D eigenvalue weighted by atomic mass is 16.5. The number of alkyl carbamates (subject to hydrolysis) is 1. The van der Waals surface area contributed by atoms with Crippen LogP contribution in [0.3, 0.4) is 0 Å². The van der Waals surface area contributed by atoms with Crippen LogP contribution in [-0.4, -0.2) is 74.1 Å². The van der Waals surface area contributed by atoms with E-state index in [1.807, 2.05) is 18.2 Å². The lowest BCUT2D eigenvalue weighted by molar-refractivity contribution is -0.144. The Kier molecular flexibility index (Phi) is 11.3. The van der Waals surface area contributed by atoms with E-state index in [4.69, 9.17) is 4.74 Å². The number of phenols is 1. The number of aromatic amines is 1. The summed E-state index contributed by atoms with van der Waals surface area (Å²) in [4.78, 5) is 60.7. The molecule has 0 fully saturated rings. The highest BCUT2D eigenvalue weighted by Crippen LogP contribution is 2.16. The Morgan fingerprint density at radius 1 is 0.822 bits per heavy atom. The number of rotatable bonds is 14. The number of carbonyl (C=O) groups excluding carboxylic acids is 3. The molecule has 4 aromatic rings. The number of imidazole rings is 1. The average Bonchev–Trinajstić information content (AvgIpc) is 3.56. The number of nitrogens with one attached hydrogen (secondary N) is 3. The third kappa shape index (κ3) is 9.68. The summed E-state index contributed by atoms with van der Waals surface area (Å²) in [7, 11) is 1.41. The minimum Gasteiger partial charge on any atom is -0.508 e. The fraction of sp³-hybridized carbons (Fsp3) is 0.242. The molecule has 1 aromatic heterocycles. The van der Waals surface area contributed by atoms with Crippen LogP contribution < -0.4 is 10.6 Å². The summed E-state index contributed by atoms with van der Waals surface area (Å²) in [5.41, 5.74) is 2.64. The molecule has 12 heteroatoms. The second-order valence-corrected chi connectivity index (χ2v) is 10.5. The molecule has 0 unspecified atom stereocenters. The van der Waals surface area contributed by atoms with Crippen LogP contribution in [0, 0.1) is 0 Å². The number of aromatic hydroxyl groups is 1. The van der Waals surface area contributed by atoms with E-state index in [-0.39, 0.29) is 31.6 Å². The van der Waals surface area contributed by atoms with Gasteiger partial charge in [0.1, 0.15) is 30.5 Å². The lowest BCUT2D eigenvalue weighted by Crippen LogP contribution is -2.57. The Labute approximate surface area is 260 Å². The molecule has 0 spiro atoms. The molecule has 4 rings (SSSR count). The largest absolute Gasteiger partial charge is 0.508 e. The number of hydrogen-bond donors (Lipinski definition) is 5. The Bertz CT molecular complexity index is 1550. The molecule has 0 bridgehead atoms. The van der Waals surface area contributed by atoms with Crippen molar-refractivity contribution in [2.24, 2.45) is 0 Å². The summed E-state index contributed by atoms with van der Waals surface area (Å²) in [5, 5.41) is 24.8. The van der Waals surface area contributed by atoms with Crippen molar-refractivity contribution in [2.45, 2.75) is 44.0 Å². The fourth-order valence-electron chi connectivity index (χ4n) is 4.70. The Balaban J connectivity index is 1.55. The van der Waals surface area contributed by atoms with Crippen LogP contribution in [0.15, 0.2) is 97.5 Å². The summed E-state index contributed by atoms with van der Waals surface area (Å²) in [6.45, 7) is -0.0165. The van der Waals surface area contributed by atoms with Crippen molar-refractivity contribution < 1.29 is 34.1 Å². The number of carboxylic acid groups (broad SMARTS) is 1. The lowest BCUT2D eigenvalue weighted by Gasteiger charge is -2.31. The number of hydrogen-bond acceptors (Lipinski definition) is 7. The zero-order chi connectivity index (χ0) is 32.2. The predicted molar refractivity (Wildman–Crippen MR) is 164 cm³/mol. The first-order valence-corrected chi connectivity index (χ1v) is 14.3. The van der Waals surface area contributed by atoms with Gasteiger partial charge in [-0.15, -0.1) is 0 Å². The van der Waals surface area contributed by atoms with Crippen LogP contribution >= 0.6 is 0 Å². The van der Waals surface area contributed by atoms with Crippen LogP contribution in [0.25, 0.3) is 0 Å². The van der Waals surface area contributed by atoms with E-state index in [0.717, 1.165) is 5.56 Å². The molecule has 0 aliphatic carbocycles. The number of phenolic OH excluding ortho intramolecular Hbond substituents is 1. The molecule has 0 saturated carbocycles. The molecule has 3 aromatic carbocycles. The van der Waals surface area contributed by atoms with Crippen LogP contribution in [0.5, 0.6) is 5.75 Å². The van der Waals surface area contributed by atoms with Crippen molar-refractivity contribution in [3.63, 3.8) is 0 Å². The summed E-state index contributed by atoms with van der Waals surface area (Å²) < 4.78 is 5.34. The maximum absolute atomic E-state index is 14.0. The van der Waals surface area contributed by atoms with Crippen LogP contribution in [0.1, 0.15) is 22.4 Å². The molecule has 12 nitrogen and oxygen atoms in total. The number of aliphatic carboxylic acids is 1. The van der Waals surface area contributed by atoms with Gasteiger partial charge in [-0.05, 0) is 28.8 Å². The van der Waals surface area contributed by atoms with Gasteiger partial charge < -0.3 is 35.5 Å². The molecule has 0 aliphatic heterocycles. The van der Waals surface area contributed by atoms with Crippen LogP contribution in [-0.2, 0) is 45.0 Å². The summed E-state index contributed by atoms with van der Waals surface area (Å²) >= 11 is 0. The lowest BCUT2D eigenvalue weighted by atomic mass is 10.0. The molecule has 3 amide bonds. The average molecular weight is 614 g/mol. The molecule has 234 valence electrons. The third-order valence-corrected chi connectivity index (χ3v) is 7.16. The summed E-state index contributed by atoms with van der Waals surface area (Å²) in [5.74, 6) is -2.52. The molecule has 1 heterocycles. The number of carboxylic acids is 1. The SMILES string of the molecule is CN(C(=O)[C@@H](Cc1cnc[nH]1)NC(=O)OCc1ccccc1)[C@@H](Cc1ccc(O)cc1)C(=O)N[C@@H](Cc1ccccc1)C(=O)O. The highest BCUT2D eigenvalue weighted by Gasteiger charge is 2.35. The molecule has 5 N–H and O–H groups in total. The monoisotopic (exact) mass is 613 g/mol. The number of likely N-dealkylation sites (N-methyl/N-ethyl adjacent to an activating group) is 1. The maximum Gasteiger partial charge on any atom is 0.408 e. The van der Waals surface area contributed by atoms with Gasteiger partial charge in [-0.1, -0.05) is 72.8 Å². The first-order valence-electron chi connectivity index (χ1n) is 14.3. The number of ether oxygens (including phenoxy) is 1. The van der Waals surface area contributed by atoms with Crippen molar-refractivity contribution in [1.29, 1.82) is 0 Å². The molecular formula is C33H35N5O7. The van der Waals surface area contributed by atoms with Crippen LogP contribution in [0.2, 0.25) is 0 Å². The first kappa shape index (κ1) is 32.3. The molecule has 0 saturated heterocycles. The molecular weight excluding hydrogens is 578 g/mol. The second kappa shape index (κ2) is 15.7. The van der Waals surface area contributed by atoms with Crippen molar-refractivity contribution in [3.8, 4) is 5.75 Å². The van der Waals surface area contributed by atoms with Gasteiger partial charge >= 0.3 is 12.1 Å². The Morgan fingerprint density at radius 3 is 2.04 bits per heavy atom. The highest BCUT2D eigenvalue weighted by molar-refractivity contribution is 5.93. The number of benzene rings is 3. The van der Waals surface area contributed by atoms with E-state index < -0.39 is 42.0 Å². The second-order valence-electron chi connectivity index (χ2n) is 10.5. The normalized spacial score (nSPS) is 12.7. The van der Waals surface area contributed by atoms with E-state index in [1.54, 1.807) is 54.6 Å². The number of carbonyl (C=O) groups is 4.